The molecule has 3 rings (SSSR count). The third-order valence-electron chi connectivity index (χ3n) is 3.91. The number of hydrogen-bond acceptors (Lipinski definition) is 7. The van der Waals surface area contributed by atoms with Gasteiger partial charge in [0.2, 0.25) is 0 Å². The van der Waals surface area contributed by atoms with Gasteiger partial charge in [-0.15, -0.1) is 5.10 Å². The Labute approximate surface area is 162 Å². The van der Waals surface area contributed by atoms with Crippen LogP contribution < -0.4 is 19.7 Å². The van der Waals surface area contributed by atoms with Gasteiger partial charge < -0.3 is 19.7 Å². The Morgan fingerprint density at radius 3 is 2.48 bits per heavy atom. The normalized spacial score (nSPS) is 10.4. The molecule has 0 radical (unpaired) electrons. The minimum Gasteiger partial charge on any atom is -0.495 e. The first kappa shape index (κ1) is 18.7. The predicted molar refractivity (Wildman–Crippen MR) is 107 cm³/mol. The van der Waals surface area contributed by atoms with Crippen molar-refractivity contribution in [1.29, 1.82) is 0 Å². The van der Waals surface area contributed by atoms with Crippen LogP contribution in [-0.2, 0) is 0 Å². The van der Waals surface area contributed by atoms with Crippen LogP contribution >= 0.6 is 11.6 Å². The summed E-state index contributed by atoms with van der Waals surface area (Å²) in [5, 5.41) is 11.9. The molecule has 8 heteroatoms. The van der Waals surface area contributed by atoms with Crippen LogP contribution in [0.3, 0.4) is 0 Å². The lowest BCUT2D eigenvalue weighted by Crippen LogP contribution is -2.19. The standard InChI is InChI=1S/C19H20ClN5O2/c1-4-25(13-8-6-5-7-9-13)19-23-18(12-21-24-19)22-15-11-16(26-2)14(20)10-17(15)27-3/h5-12H,4H2,1-3H3,(H,22,23,24). The molecular weight excluding hydrogens is 366 g/mol. The van der Waals surface area contributed by atoms with Crippen molar-refractivity contribution in [2.45, 2.75) is 6.92 Å². The third-order valence-corrected chi connectivity index (χ3v) is 4.21. The summed E-state index contributed by atoms with van der Waals surface area (Å²) in [6, 6.07) is 13.3. The Morgan fingerprint density at radius 1 is 1.07 bits per heavy atom. The number of anilines is 4. The molecule has 0 fully saturated rings. The molecule has 0 aliphatic rings. The van der Waals surface area contributed by atoms with Gasteiger partial charge >= 0.3 is 0 Å². The molecule has 0 atom stereocenters. The molecular formula is C19H20ClN5O2. The monoisotopic (exact) mass is 385 g/mol. The van der Waals surface area contributed by atoms with E-state index in [1.54, 1.807) is 32.5 Å². The molecule has 27 heavy (non-hydrogen) atoms. The molecule has 0 saturated carbocycles. The van der Waals surface area contributed by atoms with Crippen molar-refractivity contribution in [2.24, 2.45) is 0 Å². The van der Waals surface area contributed by atoms with Crippen LogP contribution in [0.2, 0.25) is 5.02 Å². The average Bonchev–Trinajstić information content (AvgIpc) is 2.70. The molecule has 1 N–H and O–H groups in total. The zero-order valence-corrected chi connectivity index (χ0v) is 16.1. The van der Waals surface area contributed by atoms with Crippen LogP contribution in [0.25, 0.3) is 0 Å². The minimum atomic E-state index is 0.461. The molecule has 0 saturated heterocycles. The minimum absolute atomic E-state index is 0.461. The maximum atomic E-state index is 6.16. The van der Waals surface area contributed by atoms with Crippen molar-refractivity contribution < 1.29 is 9.47 Å². The molecule has 7 nitrogen and oxygen atoms in total. The number of nitrogens with one attached hydrogen (secondary N) is 1. The second-order valence-electron chi connectivity index (χ2n) is 5.53. The molecule has 0 aliphatic carbocycles. The Kier molecular flexibility index (Phi) is 5.93. The Hall–Kier alpha value is -3.06. The lowest BCUT2D eigenvalue weighted by Gasteiger charge is -2.21. The SMILES string of the molecule is CCN(c1ccccc1)c1nncc(Nc2cc(OC)c(Cl)cc2OC)n1. The van der Waals surface area contributed by atoms with Crippen molar-refractivity contribution in [3.63, 3.8) is 0 Å². The van der Waals surface area contributed by atoms with Gasteiger partial charge in [0.15, 0.2) is 5.82 Å². The molecule has 0 unspecified atom stereocenters. The van der Waals surface area contributed by atoms with Gasteiger partial charge in [-0.3, -0.25) is 0 Å². The Bertz CT molecular complexity index is 908. The smallest absolute Gasteiger partial charge is 0.251 e. The Morgan fingerprint density at radius 2 is 1.81 bits per heavy atom. The molecule has 1 aromatic heterocycles. The number of halogens is 1. The van der Waals surface area contributed by atoms with Gasteiger partial charge in [0.25, 0.3) is 5.95 Å². The summed E-state index contributed by atoms with van der Waals surface area (Å²) in [7, 11) is 3.13. The van der Waals surface area contributed by atoms with E-state index in [1.165, 1.54) is 0 Å². The van der Waals surface area contributed by atoms with E-state index in [-0.39, 0.29) is 0 Å². The third kappa shape index (κ3) is 4.20. The number of aromatic nitrogens is 3. The first-order valence-corrected chi connectivity index (χ1v) is 8.75. The second-order valence-corrected chi connectivity index (χ2v) is 5.94. The van der Waals surface area contributed by atoms with Crippen molar-refractivity contribution in [3.05, 3.63) is 53.7 Å². The van der Waals surface area contributed by atoms with Gasteiger partial charge in [-0.2, -0.15) is 10.1 Å². The van der Waals surface area contributed by atoms with Crippen LogP contribution in [-0.4, -0.2) is 35.9 Å². The van der Waals surface area contributed by atoms with Crippen LogP contribution in [0, 0.1) is 0 Å². The maximum absolute atomic E-state index is 6.16. The van der Waals surface area contributed by atoms with Gasteiger partial charge in [0.1, 0.15) is 11.5 Å². The second kappa shape index (κ2) is 8.55. The van der Waals surface area contributed by atoms with E-state index in [1.807, 2.05) is 42.2 Å². The summed E-state index contributed by atoms with van der Waals surface area (Å²) in [5.74, 6) is 2.11. The fourth-order valence-corrected chi connectivity index (χ4v) is 2.84. The maximum Gasteiger partial charge on any atom is 0.251 e. The lowest BCUT2D eigenvalue weighted by molar-refractivity contribution is 0.405. The highest BCUT2D eigenvalue weighted by Crippen LogP contribution is 2.37. The van der Waals surface area contributed by atoms with Gasteiger partial charge in [-0.25, -0.2) is 0 Å². The van der Waals surface area contributed by atoms with Crippen molar-refractivity contribution in [2.75, 3.05) is 31.0 Å². The number of benzene rings is 2. The predicted octanol–water partition coefficient (Wildman–Crippen LogP) is 4.44. The largest absolute Gasteiger partial charge is 0.495 e. The molecule has 140 valence electrons. The fourth-order valence-electron chi connectivity index (χ4n) is 2.61. The number of hydrogen-bond donors (Lipinski definition) is 1. The first-order chi connectivity index (χ1) is 13.2. The van der Waals surface area contributed by atoms with Crippen molar-refractivity contribution in [1.82, 2.24) is 15.2 Å². The van der Waals surface area contributed by atoms with E-state index in [2.05, 4.69) is 20.5 Å². The van der Waals surface area contributed by atoms with Crippen LogP contribution in [0.15, 0.2) is 48.7 Å². The van der Waals surface area contributed by atoms with Gasteiger partial charge in [0, 0.05) is 24.4 Å². The number of nitrogens with zero attached hydrogens (tertiary/aromatic N) is 4. The summed E-state index contributed by atoms with van der Waals surface area (Å²) >= 11 is 6.16. The van der Waals surface area contributed by atoms with E-state index in [4.69, 9.17) is 21.1 Å². The summed E-state index contributed by atoms with van der Waals surface area (Å²) < 4.78 is 10.7. The summed E-state index contributed by atoms with van der Waals surface area (Å²) in [5.41, 5.74) is 1.65. The zero-order chi connectivity index (χ0) is 19.2. The molecule has 0 amide bonds. The quantitative estimate of drug-likeness (QED) is 0.644. The van der Waals surface area contributed by atoms with Crippen LogP contribution in [0.5, 0.6) is 11.5 Å². The number of para-hydroxylation sites is 1. The Balaban J connectivity index is 1.93. The number of methoxy groups -OCH3 is 2. The van der Waals surface area contributed by atoms with Crippen molar-refractivity contribution >= 4 is 34.7 Å². The molecule has 1 heterocycles. The van der Waals surface area contributed by atoms with Gasteiger partial charge in [-0.05, 0) is 19.1 Å². The van der Waals surface area contributed by atoms with E-state index >= 15 is 0 Å². The van der Waals surface area contributed by atoms with Crippen molar-refractivity contribution in [3.8, 4) is 11.5 Å². The van der Waals surface area contributed by atoms with E-state index < -0.39 is 0 Å². The molecule has 0 spiro atoms. The number of ether oxygens (including phenoxy) is 2. The number of rotatable bonds is 7. The summed E-state index contributed by atoms with van der Waals surface area (Å²) in [4.78, 5) is 6.55. The van der Waals surface area contributed by atoms with Crippen LogP contribution in [0.1, 0.15) is 6.92 Å². The highest BCUT2D eigenvalue weighted by atomic mass is 35.5. The first-order valence-electron chi connectivity index (χ1n) is 8.37. The molecule has 3 aromatic rings. The van der Waals surface area contributed by atoms with Gasteiger partial charge in [0.05, 0.1) is 31.1 Å². The fraction of sp³-hybridized carbons (Fsp3) is 0.211. The molecule has 0 bridgehead atoms. The van der Waals surface area contributed by atoms with E-state index in [9.17, 15) is 0 Å². The van der Waals surface area contributed by atoms with E-state index in [0.717, 1.165) is 5.69 Å². The highest BCUT2D eigenvalue weighted by Gasteiger charge is 2.14. The van der Waals surface area contributed by atoms with Crippen LogP contribution in [0.4, 0.5) is 23.1 Å². The molecule has 2 aromatic carbocycles. The highest BCUT2D eigenvalue weighted by molar-refractivity contribution is 6.32. The van der Waals surface area contributed by atoms with Gasteiger partial charge in [-0.1, -0.05) is 29.8 Å². The summed E-state index contributed by atoms with van der Waals surface area (Å²) in [6.45, 7) is 2.73. The lowest BCUT2D eigenvalue weighted by atomic mass is 10.2. The zero-order valence-electron chi connectivity index (χ0n) is 15.3. The van der Waals surface area contributed by atoms with E-state index in [0.29, 0.717) is 40.5 Å². The average molecular weight is 386 g/mol. The summed E-state index contributed by atoms with van der Waals surface area (Å²) in [6.07, 6.45) is 1.54. The molecule has 0 aliphatic heterocycles. The topological polar surface area (TPSA) is 72.4 Å².